The van der Waals surface area contributed by atoms with Crippen molar-refractivity contribution in [1.29, 1.82) is 0 Å². The van der Waals surface area contributed by atoms with Crippen molar-refractivity contribution >= 4 is 5.97 Å². The number of aliphatic hydroxyl groups is 1. The van der Waals surface area contributed by atoms with Crippen molar-refractivity contribution in [3.63, 3.8) is 0 Å². The number of hydrogen-bond donors (Lipinski definition) is 1. The van der Waals surface area contributed by atoms with Crippen LogP contribution in [0.25, 0.3) is 0 Å². The zero-order chi connectivity index (χ0) is 15.3. The zero-order valence-corrected chi connectivity index (χ0v) is 12.6. The summed E-state index contributed by atoms with van der Waals surface area (Å²) >= 11 is 0. The number of epoxide rings is 1. The molecule has 0 amide bonds. The van der Waals surface area contributed by atoms with Gasteiger partial charge in [-0.1, -0.05) is 30.3 Å². The van der Waals surface area contributed by atoms with Gasteiger partial charge in [0.15, 0.2) is 0 Å². The van der Waals surface area contributed by atoms with Crippen LogP contribution in [-0.2, 0) is 14.3 Å². The first kappa shape index (κ1) is 14.2. The molecule has 3 aliphatic heterocycles. The van der Waals surface area contributed by atoms with E-state index >= 15 is 0 Å². The van der Waals surface area contributed by atoms with Crippen molar-refractivity contribution < 1.29 is 19.4 Å². The third kappa shape index (κ3) is 2.24. The average molecular weight is 303 g/mol. The molecule has 3 fully saturated rings. The van der Waals surface area contributed by atoms with Crippen molar-refractivity contribution in [1.82, 2.24) is 4.90 Å². The Labute approximate surface area is 129 Å². The summed E-state index contributed by atoms with van der Waals surface area (Å²) in [7, 11) is 2.13. The van der Waals surface area contributed by atoms with Crippen LogP contribution in [0.2, 0.25) is 0 Å². The molecule has 3 saturated heterocycles. The Morgan fingerprint density at radius 3 is 2.55 bits per heavy atom. The smallest absolute Gasteiger partial charge is 0.316 e. The summed E-state index contributed by atoms with van der Waals surface area (Å²) in [5.41, 5.74) is 0.803. The van der Waals surface area contributed by atoms with Crippen molar-refractivity contribution in [3.05, 3.63) is 35.9 Å². The van der Waals surface area contributed by atoms with Gasteiger partial charge in [0.25, 0.3) is 0 Å². The molecule has 1 aromatic carbocycles. The van der Waals surface area contributed by atoms with Gasteiger partial charge >= 0.3 is 5.97 Å². The molecule has 3 unspecified atom stereocenters. The third-order valence-corrected chi connectivity index (χ3v) is 5.33. The number of esters is 1. The van der Waals surface area contributed by atoms with E-state index in [2.05, 4.69) is 11.9 Å². The second-order valence-corrected chi connectivity index (χ2v) is 6.54. The van der Waals surface area contributed by atoms with Crippen LogP contribution in [0.15, 0.2) is 30.3 Å². The number of hydrogen-bond acceptors (Lipinski definition) is 5. The van der Waals surface area contributed by atoms with E-state index in [0.717, 1.165) is 18.4 Å². The van der Waals surface area contributed by atoms with Crippen LogP contribution < -0.4 is 0 Å². The molecule has 0 radical (unpaired) electrons. The number of carbonyl (C=O) groups is 1. The monoisotopic (exact) mass is 303 g/mol. The zero-order valence-electron chi connectivity index (χ0n) is 12.6. The van der Waals surface area contributed by atoms with E-state index in [9.17, 15) is 9.90 Å². The van der Waals surface area contributed by atoms with Gasteiger partial charge in [0.05, 0.1) is 6.61 Å². The molecule has 5 nitrogen and oxygen atoms in total. The van der Waals surface area contributed by atoms with Crippen molar-refractivity contribution in [3.8, 4) is 0 Å². The summed E-state index contributed by atoms with van der Waals surface area (Å²) in [4.78, 5) is 14.8. The van der Waals surface area contributed by atoms with Crippen molar-refractivity contribution in [2.45, 2.75) is 49.2 Å². The van der Waals surface area contributed by atoms with E-state index in [1.807, 2.05) is 30.3 Å². The number of nitrogens with zero attached hydrogens (tertiary/aromatic N) is 1. The van der Waals surface area contributed by atoms with E-state index in [1.165, 1.54) is 0 Å². The summed E-state index contributed by atoms with van der Waals surface area (Å²) < 4.78 is 11.4. The Kier molecular flexibility index (Phi) is 3.44. The van der Waals surface area contributed by atoms with Gasteiger partial charge in [-0.2, -0.15) is 0 Å². The summed E-state index contributed by atoms with van der Waals surface area (Å²) in [6.45, 7) is -0.226. The summed E-state index contributed by atoms with van der Waals surface area (Å²) in [6, 6.07) is 10.1. The Bertz CT molecular complexity index is 545. The van der Waals surface area contributed by atoms with Gasteiger partial charge in [0, 0.05) is 24.9 Å². The van der Waals surface area contributed by atoms with E-state index in [0.29, 0.717) is 24.3 Å². The van der Waals surface area contributed by atoms with Crippen LogP contribution in [0, 0.1) is 0 Å². The Balaban J connectivity index is 1.42. The standard InChI is InChI=1S/C17H21NO4/c1-18-13-7-11(8-14(18)16-15(13)22-16)21-17(20)12(9-19)10-5-3-2-4-6-10/h2-6,11-16,19H,7-9H2,1H3/t11?,12-,13?,14?,15-,16+/m1/s1. The minimum absolute atomic E-state index is 0.0622. The van der Waals surface area contributed by atoms with Gasteiger partial charge in [0.2, 0.25) is 0 Å². The first-order valence-electron chi connectivity index (χ1n) is 7.92. The highest BCUT2D eigenvalue weighted by atomic mass is 16.6. The van der Waals surface area contributed by atoms with E-state index in [1.54, 1.807) is 0 Å². The highest BCUT2D eigenvalue weighted by Gasteiger charge is 2.62. The molecule has 0 aliphatic carbocycles. The Morgan fingerprint density at radius 2 is 1.95 bits per heavy atom. The second kappa shape index (κ2) is 5.33. The SMILES string of the molecule is CN1C2CC(OC(=O)[C@H](CO)c3ccccc3)CC1[C@@H]1O[C@H]21. The van der Waals surface area contributed by atoms with Gasteiger partial charge in [-0.15, -0.1) is 0 Å². The number of piperidine rings is 1. The molecule has 3 aliphatic rings. The van der Waals surface area contributed by atoms with Gasteiger partial charge in [-0.05, 0) is 12.6 Å². The van der Waals surface area contributed by atoms with Gasteiger partial charge in [-0.3, -0.25) is 9.69 Å². The molecule has 6 atom stereocenters. The minimum Gasteiger partial charge on any atom is -0.462 e. The average Bonchev–Trinajstić information content (AvgIpc) is 3.27. The highest BCUT2D eigenvalue weighted by molar-refractivity contribution is 5.78. The maximum absolute atomic E-state index is 12.4. The molecule has 2 bridgehead atoms. The first-order chi connectivity index (χ1) is 10.7. The molecule has 0 aromatic heterocycles. The van der Waals surface area contributed by atoms with Crippen LogP contribution in [0.1, 0.15) is 24.3 Å². The Hall–Kier alpha value is -1.43. The molecule has 0 saturated carbocycles. The maximum atomic E-state index is 12.4. The predicted molar refractivity (Wildman–Crippen MR) is 79.4 cm³/mol. The molecular formula is C17H21NO4. The van der Waals surface area contributed by atoms with Crippen LogP contribution in [-0.4, -0.2) is 60.0 Å². The topological polar surface area (TPSA) is 62.3 Å². The van der Waals surface area contributed by atoms with Gasteiger partial charge < -0.3 is 14.6 Å². The lowest BCUT2D eigenvalue weighted by molar-refractivity contribution is -0.156. The fourth-order valence-electron chi connectivity index (χ4n) is 4.04. The van der Waals surface area contributed by atoms with Crippen LogP contribution in [0.5, 0.6) is 0 Å². The normalized spacial score (nSPS) is 37.5. The van der Waals surface area contributed by atoms with Crippen LogP contribution >= 0.6 is 0 Å². The molecule has 4 rings (SSSR count). The quantitative estimate of drug-likeness (QED) is 0.662. The number of fused-ring (bicyclic) bond motifs is 5. The van der Waals surface area contributed by atoms with E-state index < -0.39 is 5.92 Å². The highest BCUT2D eigenvalue weighted by Crippen LogP contribution is 2.48. The fraction of sp³-hybridized carbons (Fsp3) is 0.588. The lowest BCUT2D eigenvalue weighted by atomic mass is 9.97. The largest absolute Gasteiger partial charge is 0.462 e. The van der Waals surface area contributed by atoms with Crippen LogP contribution in [0.4, 0.5) is 0 Å². The number of carbonyl (C=O) groups excluding carboxylic acids is 1. The van der Waals surface area contributed by atoms with Crippen LogP contribution in [0.3, 0.4) is 0 Å². The molecular weight excluding hydrogens is 282 g/mol. The molecule has 3 heterocycles. The summed E-state index contributed by atoms with van der Waals surface area (Å²) in [5, 5.41) is 9.56. The fourth-order valence-corrected chi connectivity index (χ4v) is 4.04. The number of aliphatic hydroxyl groups excluding tert-OH is 1. The lowest BCUT2D eigenvalue weighted by Gasteiger charge is -2.38. The molecule has 1 aromatic rings. The summed E-state index contributed by atoms with van der Waals surface area (Å²) in [6.07, 6.45) is 2.26. The number of ether oxygens (including phenoxy) is 2. The first-order valence-corrected chi connectivity index (χ1v) is 7.92. The predicted octanol–water partition coefficient (Wildman–Crippen LogP) is 0.918. The number of morpholine rings is 1. The molecule has 118 valence electrons. The number of benzene rings is 1. The number of rotatable bonds is 4. The minimum atomic E-state index is -0.593. The molecule has 22 heavy (non-hydrogen) atoms. The van der Waals surface area contributed by atoms with E-state index in [-0.39, 0.29) is 18.7 Å². The molecule has 1 N–H and O–H groups in total. The van der Waals surface area contributed by atoms with Gasteiger partial charge in [-0.25, -0.2) is 0 Å². The molecule has 5 heteroatoms. The van der Waals surface area contributed by atoms with Crippen molar-refractivity contribution in [2.75, 3.05) is 13.7 Å². The maximum Gasteiger partial charge on any atom is 0.316 e. The summed E-state index contributed by atoms with van der Waals surface area (Å²) in [5.74, 6) is -0.915. The van der Waals surface area contributed by atoms with Gasteiger partial charge in [0.1, 0.15) is 24.2 Å². The third-order valence-electron chi connectivity index (χ3n) is 5.33. The van der Waals surface area contributed by atoms with Crippen molar-refractivity contribution in [2.24, 2.45) is 0 Å². The van der Waals surface area contributed by atoms with E-state index in [4.69, 9.17) is 9.47 Å². The molecule has 0 spiro atoms. The Morgan fingerprint density at radius 1 is 1.32 bits per heavy atom. The second-order valence-electron chi connectivity index (χ2n) is 6.54. The lowest BCUT2D eigenvalue weighted by Crippen LogP contribution is -2.48. The number of likely N-dealkylation sites (N-methyl/N-ethyl adjacent to an activating group) is 1.